The van der Waals surface area contributed by atoms with Crippen LogP contribution >= 0.6 is 12.4 Å². The molecule has 2 saturated carbocycles. The van der Waals surface area contributed by atoms with Crippen LogP contribution in [0.4, 0.5) is 0 Å². The number of rotatable bonds is 2. The number of halogens is 1. The van der Waals surface area contributed by atoms with Gasteiger partial charge in [-0.05, 0) is 50.0 Å². The van der Waals surface area contributed by atoms with E-state index in [2.05, 4.69) is 10.3 Å². The summed E-state index contributed by atoms with van der Waals surface area (Å²) in [5, 5.41) is 3.20. The van der Waals surface area contributed by atoms with Crippen molar-refractivity contribution in [1.29, 1.82) is 0 Å². The van der Waals surface area contributed by atoms with E-state index in [-0.39, 0.29) is 36.0 Å². The molecule has 2 unspecified atom stereocenters. The topological polar surface area (TPSA) is 88.0 Å². The molecule has 2 bridgehead atoms. The Kier molecular flexibility index (Phi) is 5.29. The third-order valence-corrected chi connectivity index (χ3v) is 5.05. The van der Waals surface area contributed by atoms with Crippen LogP contribution < -0.4 is 16.6 Å². The lowest BCUT2D eigenvalue weighted by molar-refractivity contribution is 0.0755. The van der Waals surface area contributed by atoms with Crippen LogP contribution in [0.5, 0.6) is 0 Å². The van der Waals surface area contributed by atoms with E-state index in [4.69, 9.17) is 5.73 Å². The van der Waals surface area contributed by atoms with E-state index in [9.17, 15) is 9.59 Å². The van der Waals surface area contributed by atoms with Crippen LogP contribution in [0, 0.1) is 18.8 Å². The molecule has 1 amide bonds. The number of pyridine rings is 1. The first kappa shape index (κ1) is 17.0. The van der Waals surface area contributed by atoms with Gasteiger partial charge in [-0.2, -0.15) is 0 Å². The molecule has 2 atom stereocenters. The molecule has 0 saturated heterocycles. The summed E-state index contributed by atoms with van der Waals surface area (Å²) < 4.78 is 0. The molecule has 0 radical (unpaired) electrons. The standard InChI is InChI=1S/C16H23N3O2.ClH/c1-9-5-14(20)18-8-13(9)16(21)19-15-10-3-2-4-11(15)7-12(17)6-10;/h5,8,10-12,15H,2-4,6-7,17H2,1H3,(H,18,20)(H,19,21);1H. The number of nitrogens with two attached hydrogens (primary N) is 1. The highest BCUT2D eigenvalue weighted by Gasteiger charge is 2.40. The van der Waals surface area contributed by atoms with Gasteiger partial charge in [0.2, 0.25) is 5.56 Å². The van der Waals surface area contributed by atoms with E-state index >= 15 is 0 Å². The van der Waals surface area contributed by atoms with E-state index in [0.717, 1.165) is 25.7 Å². The molecule has 2 aliphatic carbocycles. The Labute approximate surface area is 136 Å². The molecule has 22 heavy (non-hydrogen) atoms. The van der Waals surface area contributed by atoms with Crippen LogP contribution in [0.25, 0.3) is 0 Å². The van der Waals surface area contributed by atoms with E-state index in [1.165, 1.54) is 18.7 Å². The number of amides is 1. The second-order valence-corrected chi connectivity index (χ2v) is 6.58. The molecule has 2 aliphatic rings. The van der Waals surface area contributed by atoms with E-state index in [1.54, 1.807) is 6.92 Å². The molecule has 5 nitrogen and oxygen atoms in total. The Balaban J connectivity index is 0.00000176. The molecule has 6 heteroatoms. The molecule has 2 fully saturated rings. The summed E-state index contributed by atoms with van der Waals surface area (Å²) in [4.78, 5) is 26.3. The van der Waals surface area contributed by atoms with Gasteiger partial charge in [-0.1, -0.05) is 6.42 Å². The van der Waals surface area contributed by atoms with Crippen LogP contribution in [0.3, 0.4) is 0 Å². The summed E-state index contributed by atoms with van der Waals surface area (Å²) in [6.07, 6.45) is 7.07. The molecule has 1 heterocycles. The van der Waals surface area contributed by atoms with Gasteiger partial charge in [0.05, 0.1) is 5.56 Å². The molecule has 122 valence electrons. The van der Waals surface area contributed by atoms with Crippen LogP contribution in [0.2, 0.25) is 0 Å². The Bertz CT molecular complexity index is 587. The number of nitrogens with one attached hydrogen (secondary N) is 2. The number of aromatic amines is 1. The Morgan fingerprint density at radius 1 is 1.32 bits per heavy atom. The monoisotopic (exact) mass is 325 g/mol. The van der Waals surface area contributed by atoms with Gasteiger partial charge in [-0.15, -0.1) is 12.4 Å². The summed E-state index contributed by atoms with van der Waals surface area (Å²) >= 11 is 0. The Morgan fingerprint density at radius 2 is 1.95 bits per heavy atom. The van der Waals surface area contributed by atoms with Crippen molar-refractivity contribution in [2.24, 2.45) is 17.6 Å². The number of hydrogen-bond acceptors (Lipinski definition) is 3. The number of fused-ring (bicyclic) bond motifs is 2. The predicted octanol–water partition coefficient (Wildman–Crippen LogP) is 1.74. The van der Waals surface area contributed by atoms with E-state index in [0.29, 0.717) is 23.0 Å². The van der Waals surface area contributed by atoms with Crippen LogP contribution in [-0.4, -0.2) is 23.0 Å². The maximum absolute atomic E-state index is 12.5. The highest BCUT2D eigenvalue weighted by Crippen LogP contribution is 2.39. The van der Waals surface area contributed by atoms with Crippen LogP contribution in [-0.2, 0) is 0 Å². The number of aromatic nitrogens is 1. The number of H-pyrrole nitrogens is 1. The number of aryl methyl sites for hydroxylation is 1. The second kappa shape index (κ2) is 6.84. The molecule has 1 aromatic heterocycles. The lowest BCUT2D eigenvalue weighted by Crippen LogP contribution is -2.53. The molecule has 0 aromatic carbocycles. The van der Waals surface area contributed by atoms with Gasteiger partial charge < -0.3 is 16.0 Å². The summed E-state index contributed by atoms with van der Waals surface area (Å²) in [5.74, 6) is 0.917. The maximum Gasteiger partial charge on any atom is 0.253 e. The fourth-order valence-electron chi connectivity index (χ4n) is 4.07. The smallest absolute Gasteiger partial charge is 0.253 e. The van der Waals surface area contributed by atoms with Crippen LogP contribution in [0.1, 0.15) is 48.0 Å². The van der Waals surface area contributed by atoms with Gasteiger partial charge in [0, 0.05) is 24.3 Å². The van der Waals surface area contributed by atoms with Crippen molar-refractivity contribution in [1.82, 2.24) is 10.3 Å². The zero-order valence-corrected chi connectivity index (χ0v) is 13.6. The van der Waals surface area contributed by atoms with Crippen molar-refractivity contribution in [2.45, 2.75) is 51.1 Å². The average Bonchev–Trinajstić information content (AvgIpc) is 2.39. The van der Waals surface area contributed by atoms with Gasteiger partial charge in [0.25, 0.3) is 5.91 Å². The van der Waals surface area contributed by atoms with Crippen molar-refractivity contribution in [3.05, 3.63) is 33.7 Å². The number of carbonyl (C=O) groups is 1. The van der Waals surface area contributed by atoms with Crippen molar-refractivity contribution in [2.75, 3.05) is 0 Å². The van der Waals surface area contributed by atoms with E-state index < -0.39 is 0 Å². The minimum atomic E-state index is -0.176. The third-order valence-electron chi connectivity index (χ3n) is 5.05. The normalized spacial score (nSPS) is 30.3. The largest absolute Gasteiger partial charge is 0.349 e. The van der Waals surface area contributed by atoms with Gasteiger partial charge >= 0.3 is 0 Å². The zero-order chi connectivity index (χ0) is 15.0. The maximum atomic E-state index is 12.5. The molecule has 4 N–H and O–H groups in total. The minimum Gasteiger partial charge on any atom is -0.349 e. The lowest BCUT2D eigenvalue weighted by atomic mass is 9.67. The van der Waals surface area contributed by atoms with Gasteiger partial charge in [0.15, 0.2) is 0 Å². The first-order valence-electron chi connectivity index (χ1n) is 7.80. The quantitative estimate of drug-likeness (QED) is 0.774. The second-order valence-electron chi connectivity index (χ2n) is 6.58. The minimum absolute atomic E-state index is 0. The predicted molar refractivity (Wildman–Crippen MR) is 88.3 cm³/mol. The van der Waals surface area contributed by atoms with Crippen molar-refractivity contribution in [3.63, 3.8) is 0 Å². The average molecular weight is 326 g/mol. The Hall–Kier alpha value is -1.33. The summed E-state index contributed by atoms with van der Waals surface area (Å²) in [6.45, 7) is 1.79. The molecule has 0 spiro atoms. The molecule has 1 aromatic rings. The zero-order valence-electron chi connectivity index (χ0n) is 12.8. The number of carbonyl (C=O) groups excluding carboxylic acids is 1. The highest BCUT2D eigenvalue weighted by molar-refractivity contribution is 5.95. The van der Waals surface area contributed by atoms with Gasteiger partial charge in [-0.3, -0.25) is 9.59 Å². The molecular weight excluding hydrogens is 302 g/mol. The van der Waals surface area contributed by atoms with Gasteiger partial charge in [0.1, 0.15) is 0 Å². The van der Waals surface area contributed by atoms with Crippen molar-refractivity contribution in [3.8, 4) is 0 Å². The van der Waals surface area contributed by atoms with Gasteiger partial charge in [-0.25, -0.2) is 0 Å². The lowest BCUT2D eigenvalue weighted by Gasteiger charge is -2.45. The highest BCUT2D eigenvalue weighted by atomic mass is 35.5. The van der Waals surface area contributed by atoms with Crippen molar-refractivity contribution >= 4 is 18.3 Å². The summed E-state index contributed by atoms with van der Waals surface area (Å²) in [7, 11) is 0. The SMILES string of the molecule is Cc1cc(=O)[nH]cc1C(=O)NC1C2CCCC1CC(N)C2.Cl. The molecular formula is C16H24ClN3O2. The van der Waals surface area contributed by atoms with Crippen molar-refractivity contribution < 1.29 is 4.79 Å². The third kappa shape index (κ3) is 3.36. The van der Waals surface area contributed by atoms with Crippen LogP contribution in [0.15, 0.2) is 17.1 Å². The summed E-state index contributed by atoms with van der Waals surface area (Å²) in [5.41, 5.74) is 7.22. The molecule has 0 aliphatic heterocycles. The first-order valence-corrected chi connectivity index (χ1v) is 7.80. The number of hydrogen-bond donors (Lipinski definition) is 3. The first-order chi connectivity index (χ1) is 10.0. The fraction of sp³-hybridized carbons (Fsp3) is 0.625. The van der Waals surface area contributed by atoms with E-state index in [1.807, 2.05) is 0 Å². The summed E-state index contributed by atoms with van der Waals surface area (Å²) in [6, 6.07) is 1.98. The Morgan fingerprint density at radius 3 is 2.55 bits per heavy atom. The molecule has 3 rings (SSSR count). The fourth-order valence-corrected chi connectivity index (χ4v) is 4.07.